The molecule has 3 rings (SSSR count). The van der Waals surface area contributed by atoms with E-state index in [1.165, 1.54) is 36.6 Å². The van der Waals surface area contributed by atoms with Crippen LogP contribution in [-0.2, 0) is 10.2 Å². The zero-order valence-electron chi connectivity index (χ0n) is 15.5. The van der Waals surface area contributed by atoms with Crippen LogP contribution in [0.2, 0.25) is 0 Å². The number of rotatable bonds is 8. The second-order valence-corrected chi connectivity index (χ2v) is 6.69. The first-order chi connectivity index (χ1) is 13.4. The van der Waals surface area contributed by atoms with Crippen LogP contribution in [0.5, 0.6) is 0 Å². The molecule has 0 radical (unpaired) electrons. The van der Waals surface area contributed by atoms with Gasteiger partial charge in [0.25, 0.3) is 0 Å². The third kappa shape index (κ3) is 3.98. The number of hydrazone groups is 1. The highest BCUT2D eigenvalue weighted by Crippen LogP contribution is 2.43. The Morgan fingerprint density at radius 1 is 1.43 bits per heavy atom. The molecular weight excluding hydrogens is 363 g/mol. The molecule has 0 amide bonds. The molecule has 8 nitrogen and oxygen atoms in total. The van der Waals surface area contributed by atoms with E-state index in [4.69, 9.17) is 5.11 Å². The molecule has 0 saturated heterocycles. The number of carbonyl (C=O) groups is 1. The molecule has 2 heterocycles. The quantitative estimate of drug-likeness (QED) is 0.410. The van der Waals surface area contributed by atoms with E-state index in [9.17, 15) is 9.18 Å². The van der Waals surface area contributed by atoms with E-state index in [2.05, 4.69) is 32.1 Å². The third-order valence-electron chi connectivity index (χ3n) is 4.86. The number of hydrogen-bond acceptors (Lipinski definition) is 7. The average molecular weight is 384 g/mol. The Morgan fingerprint density at radius 2 is 2.14 bits per heavy atom. The monoisotopic (exact) mass is 384 g/mol. The Kier molecular flexibility index (Phi) is 5.62. The summed E-state index contributed by atoms with van der Waals surface area (Å²) in [5, 5.41) is 17.2. The Bertz CT molecular complexity index is 896. The fraction of sp³-hybridized carbons (Fsp3) is 0.316. The lowest BCUT2D eigenvalue weighted by atomic mass is 9.66. The summed E-state index contributed by atoms with van der Waals surface area (Å²) in [6.45, 7) is 5.35. The summed E-state index contributed by atoms with van der Waals surface area (Å²) >= 11 is 0. The number of carboxylic acid groups (broad SMARTS) is 1. The molecule has 146 valence electrons. The van der Waals surface area contributed by atoms with Gasteiger partial charge in [-0.05, 0) is 31.9 Å². The predicted octanol–water partition coefficient (Wildman–Crippen LogP) is 2.95. The van der Waals surface area contributed by atoms with Crippen molar-refractivity contribution in [1.82, 2.24) is 15.0 Å². The van der Waals surface area contributed by atoms with Crippen molar-refractivity contribution < 1.29 is 14.3 Å². The molecule has 2 aromatic rings. The van der Waals surface area contributed by atoms with Crippen molar-refractivity contribution in [3.63, 3.8) is 0 Å². The van der Waals surface area contributed by atoms with Crippen molar-refractivity contribution in [2.24, 2.45) is 5.10 Å². The maximum atomic E-state index is 14.2. The number of aliphatic carboxylic acids is 1. The van der Waals surface area contributed by atoms with Gasteiger partial charge < -0.3 is 10.4 Å². The van der Waals surface area contributed by atoms with Crippen molar-refractivity contribution in [3.8, 4) is 0 Å². The van der Waals surface area contributed by atoms with Gasteiger partial charge >= 0.3 is 5.97 Å². The molecule has 1 aliphatic carbocycles. The molecule has 2 aromatic heterocycles. The summed E-state index contributed by atoms with van der Waals surface area (Å²) < 4.78 is 14.2. The maximum Gasteiger partial charge on any atom is 0.332 e. The maximum absolute atomic E-state index is 14.2. The molecule has 9 heteroatoms. The lowest BCUT2D eigenvalue weighted by Crippen LogP contribution is -2.42. The zero-order valence-corrected chi connectivity index (χ0v) is 15.5. The first-order valence-corrected chi connectivity index (χ1v) is 8.80. The first kappa shape index (κ1) is 19.4. The zero-order chi connectivity index (χ0) is 20.1. The SMILES string of the molecule is C=NN(/C=C(\C)C(=O)O)c1cnc(NCC2(c3ncccc3F)CCC2)nc1. The van der Waals surface area contributed by atoms with Crippen molar-refractivity contribution in [2.75, 3.05) is 16.9 Å². The second kappa shape index (κ2) is 8.12. The van der Waals surface area contributed by atoms with E-state index >= 15 is 0 Å². The van der Waals surface area contributed by atoms with Gasteiger partial charge in [0.1, 0.15) is 11.5 Å². The third-order valence-corrected chi connectivity index (χ3v) is 4.86. The summed E-state index contributed by atoms with van der Waals surface area (Å²) in [6, 6.07) is 3.01. The number of carboxylic acids is 1. The van der Waals surface area contributed by atoms with Crippen LogP contribution in [0.15, 0.2) is 47.6 Å². The fourth-order valence-corrected chi connectivity index (χ4v) is 3.09. The summed E-state index contributed by atoms with van der Waals surface area (Å²) in [5.74, 6) is -0.969. The van der Waals surface area contributed by atoms with E-state index in [0.29, 0.717) is 23.9 Å². The molecule has 1 fully saturated rings. The van der Waals surface area contributed by atoms with Crippen molar-refractivity contribution >= 4 is 24.3 Å². The van der Waals surface area contributed by atoms with Crippen LogP contribution >= 0.6 is 0 Å². The van der Waals surface area contributed by atoms with Gasteiger partial charge in [0, 0.05) is 31.1 Å². The molecule has 0 aliphatic heterocycles. The van der Waals surface area contributed by atoms with Gasteiger partial charge in [-0.25, -0.2) is 24.2 Å². The van der Waals surface area contributed by atoms with Gasteiger partial charge in [-0.2, -0.15) is 5.10 Å². The summed E-state index contributed by atoms with van der Waals surface area (Å²) in [5.41, 5.74) is 0.680. The molecule has 0 atom stereocenters. The van der Waals surface area contributed by atoms with Gasteiger partial charge in [-0.3, -0.25) is 4.98 Å². The predicted molar refractivity (Wildman–Crippen MR) is 104 cm³/mol. The highest BCUT2D eigenvalue weighted by molar-refractivity contribution is 5.86. The first-order valence-electron chi connectivity index (χ1n) is 8.80. The van der Waals surface area contributed by atoms with Gasteiger partial charge in [-0.15, -0.1) is 0 Å². The normalized spacial score (nSPS) is 15.4. The lowest BCUT2D eigenvalue weighted by molar-refractivity contribution is -0.132. The minimum Gasteiger partial charge on any atom is -0.478 e. The summed E-state index contributed by atoms with van der Waals surface area (Å²) in [4.78, 5) is 23.7. The number of nitrogens with one attached hydrogen (secondary N) is 1. The molecule has 1 aliphatic rings. The van der Waals surface area contributed by atoms with Crippen LogP contribution in [0.25, 0.3) is 0 Å². The van der Waals surface area contributed by atoms with Crippen molar-refractivity contribution in [1.29, 1.82) is 0 Å². The molecule has 1 saturated carbocycles. The number of aromatic nitrogens is 3. The molecule has 0 unspecified atom stereocenters. The van der Waals surface area contributed by atoms with Gasteiger partial charge in [-0.1, -0.05) is 6.42 Å². The second-order valence-electron chi connectivity index (χ2n) is 6.69. The highest BCUT2D eigenvalue weighted by atomic mass is 19.1. The van der Waals surface area contributed by atoms with Crippen molar-refractivity contribution in [2.45, 2.75) is 31.6 Å². The standard InChI is InChI=1S/C19H21FN6O2/c1-13(17(27)28)11-26(21-2)14-9-23-18(24-10-14)25-12-19(6-4-7-19)16-15(20)5-3-8-22-16/h3,5,8-11H,2,4,6-7,12H2,1H3,(H,27,28)(H,23,24,25)/b13-11+. The van der Waals surface area contributed by atoms with Gasteiger partial charge in [0.05, 0.1) is 23.7 Å². The van der Waals surface area contributed by atoms with E-state index in [-0.39, 0.29) is 16.8 Å². The van der Waals surface area contributed by atoms with Gasteiger partial charge in [0.15, 0.2) is 0 Å². The summed E-state index contributed by atoms with van der Waals surface area (Å²) in [7, 11) is 0. The van der Waals surface area contributed by atoms with Crippen LogP contribution in [-0.4, -0.2) is 39.3 Å². The molecular formula is C19H21FN6O2. The Morgan fingerprint density at radius 3 is 2.68 bits per heavy atom. The van der Waals surface area contributed by atoms with E-state index < -0.39 is 5.97 Å². The molecule has 0 aromatic carbocycles. The van der Waals surface area contributed by atoms with Crippen LogP contribution in [0, 0.1) is 5.82 Å². The molecule has 28 heavy (non-hydrogen) atoms. The Labute approximate surface area is 161 Å². The van der Waals surface area contributed by atoms with Crippen molar-refractivity contribution in [3.05, 3.63) is 54.0 Å². The van der Waals surface area contributed by atoms with Crippen LogP contribution in [0.4, 0.5) is 16.0 Å². The Balaban J connectivity index is 1.71. The molecule has 0 spiro atoms. The van der Waals surface area contributed by atoms with Crippen LogP contribution in [0.1, 0.15) is 31.9 Å². The average Bonchev–Trinajstić information content (AvgIpc) is 2.66. The van der Waals surface area contributed by atoms with E-state index in [1.807, 2.05) is 0 Å². The Hall–Kier alpha value is -3.36. The minimum atomic E-state index is -1.06. The number of halogens is 1. The van der Waals surface area contributed by atoms with Crippen LogP contribution in [0.3, 0.4) is 0 Å². The fourth-order valence-electron chi connectivity index (χ4n) is 3.09. The molecule has 2 N–H and O–H groups in total. The summed E-state index contributed by atoms with van der Waals surface area (Å²) in [6.07, 6.45) is 8.65. The molecule has 0 bridgehead atoms. The van der Waals surface area contributed by atoms with E-state index in [1.54, 1.807) is 12.3 Å². The van der Waals surface area contributed by atoms with E-state index in [0.717, 1.165) is 19.3 Å². The number of pyridine rings is 1. The minimum absolute atomic E-state index is 0.0962. The van der Waals surface area contributed by atoms with Crippen LogP contribution < -0.4 is 10.3 Å². The van der Waals surface area contributed by atoms with Gasteiger partial charge in [0.2, 0.25) is 5.95 Å². The smallest absolute Gasteiger partial charge is 0.332 e. The number of anilines is 2. The number of nitrogens with zero attached hydrogens (tertiary/aromatic N) is 5. The number of hydrogen-bond donors (Lipinski definition) is 2. The highest BCUT2D eigenvalue weighted by Gasteiger charge is 2.41. The topological polar surface area (TPSA) is 104 Å². The largest absolute Gasteiger partial charge is 0.478 e. The lowest BCUT2D eigenvalue weighted by Gasteiger charge is -2.41.